The van der Waals surface area contributed by atoms with Gasteiger partial charge in [0.05, 0.1) is 6.17 Å². The first-order valence-electron chi connectivity index (χ1n) is 4.09. The van der Waals surface area contributed by atoms with E-state index in [0.29, 0.717) is 6.17 Å². The quantitative estimate of drug-likeness (QED) is 0.421. The average Bonchev–Trinajstić information content (AvgIpc) is 1.99. The molecule has 0 radical (unpaired) electrons. The predicted molar refractivity (Wildman–Crippen MR) is 50.4 cm³/mol. The largest absolute Gasteiger partial charge is 0.305 e. The molecular weight excluding hydrogens is 140 g/mol. The average molecular weight is 160 g/mol. The summed E-state index contributed by atoms with van der Waals surface area (Å²) in [5, 5.41) is 6.44. The van der Waals surface area contributed by atoms with Crippen LogP contribution in [0.3, 0.4) is 0 Å². The SMILES string of the molecule is CNC(CC(C)C[SiH3])NC. The molecule has 0 saturated carbocycles. The van der Waals surface area contributed by atoms with Gasteiger partial charge in [0.2, 0.25) is 0 Å². The summed E-state index contributed by atoms with van der Waals surface area (Å²) in [6, 6.07) is 1.40. The first-order valence-corrected chi connectivity index (χ1v) is 5.50. The van der Waals surface area contributed by atoms with Crippen molar-refractivity contribution in [2.45, 2.75) is 25.6 Å². The molecule has 3 heteroatoms. The van der Waals surface area contributed by atoms with Crippen LogP contribution in [-0.4, -0.2) is 30.5 Å². The first kappa shape index (κ1) is 10.1. The fourth-order valence-electron chi connectivity index (χ4n) is 0.949. The van der Waals surface area contributed by atoms with Gasteiger partial charge < -0.3 is 10.6 Å². The third-order valence-corrected chi connectivity index (χ3v) is 3.43. The molecule has 0 spiro atoms. The van der Waals surface area contributed by atoms with E-state index in [1.54, 1.807) is 0 Å². The van der Waals surface area contributed by atoms with Crippen molar-refractivity contribution in [3.05, 3.63) is 0 Å². The summed E-state index contributed by atoms with van der Waals surface area (Å²) in [6.07, 6.45) is 1.75. The second-order valence-corrected chi connectivity index (χ2v) is 3.70. The molecule has 1 atom stereocenters. The van der Waals surface area contributed by atoms with Gasteiger partial charge in [-0.3, -0.25) is 0 Å². The molecule has 0 rings (SSSR count). The number of rotatable bonds is 5. The Kier molecular flexibility index (Phi) is 5.97. The molecule has 0 aliphatic rings. The normalized spacial score (nSPS) is 14.4. The van der Waals surface area contributed by atoms with Gasteiger partial charge >= 0.3 is 0 Å². The Morgan fingerprint density at radius 1 is 1.30 bits per heavy atom. The zero-order valence-electron chi connectivity index (χ0n) is 7.57. The summed E-state index contributed by atoms with van der Waals surface area (Å²) < 4.78 is 0. The molecule has 10 heavy (non-hydrogen) atoms. The van der Waals surface area contributed by atoms with E-state index in [1.165, 1.54) is 22.7 Å². The smallest absolute Gasteiger partial charge is 0.0569 e. The Bertz CT molecular complexity index is 74.0. The van der Waals surface area contributed by atoms with Gasteiger partial charge in [0.15, 0.2) is 0 Å². The highest BCUT2D eigenvalue weighted by Gasteiger charge is 2.06. The number of hydrogen-bond acceptors (Lipinski definition) is 2. The van der Waals surface area contributed by atoms with E-state index >= 15 is 0 Å². The zero-order chi connectivity index (χ0) is 7.98. The molecule has 2 nitrogen and oxygen atoms in total. The lowest BCUT2D eigenvalue weighted by molar-refractivity contribution is 0.401. The van der Waals surface area contributed by atoms with Crippen molar-refractivity contribution >= 4 is 10.2 Å². The maximum Gasteiger partial charge on any atom is 0.0569 e. The lowest BCUT2D eigenvalue weighted by Gasteiger charge is -2.18. The van der Waals surface area contributed by atoms with E-state index in [2.05, 4.69) is 17.6 Å². The fraction of sp³-hybridized carbons (Fsp3) is 1.00. The minimum atomic E-state index is 0.504. The first-order chi connectivity index (χ1) is 4.74. The highest BCUT2D eigenvalue weighted by Crippen LogP contribution is 2.06. The lowest BCUT2D eigenvalue weighted by atomic mass is 10.1. The van der Waals surface area contributed by atoms with Crippen LogP contribution in [0, 0.1) is 5.92 Å². The standard InChI is InChI=1S/C7H20N2Si/c1-6(5-10)4-7(8-2)9-3/h6-9H,4-5H2,1-3,10H3. The van der Waals surface area contributed by atoms with Gasteiger partial charge in [0.1, 0.15) is 0 Å². The van der Waals surface area contributed by atoms with Crippen molar-refractivity contribution in [3.8, 4) is 0 Å². The summed E-state index contributed by atoms with van der Waals surface area (Å²) in [4.78, 5) is 0. The summed E-state index contributed by atoms with van der Waals surface area (Å²) in [6.45, 7) is 2.31. The molecule has 0 aromatic rings. The van der Waals surface area contributed by atoms with Crippen LogP contribution < -0.4 is 10.6 Å². The van der Waals surface area contributed by atoms with Crippen LogP contribution in [0.4, 0.5) is 0 Å². The molecule has 62 valence electrons. The van der Waals surface area contributed by atoms with Gasteiger partial charge in [0.25, 0.3) is 0 Å². The third kappa shape index (κ3) is 4.03. The van der Waals surface area contributed by atoms with Gasteiger partial charge in [-0.1, -0.05) is 13.0 Å². The Balaban J connectivity index is 3.41. The monoisotopic (exact) mass is 160 g/mol. The number of nitrogens with one attached hydrogen (secondary N) is 2. The molecule has 0 amide bonds. The van der Waals surface area contributed by atoms with Gasteiger partial charge in [-0.05, 0) is 26.4 Å². The molecule has 0 fully saturated rings. The van der Waals surface area contributed by atoms with Gasteiger partial charge in [0, 0.05) is 10.2 Å². The molecular formula is C7H20N2Si. The number of hydrogen-bond donors (Lipinski definition) is 2. The molecule has 0 aliphatic heterocycles. The van der Waals surface area contributed by atoms with Crippen LogP contribution in [0.2, 0.25) is 6.04 Å². The van der Waals surface area contributed by atoms with Crippen molar-refractivity contribution in [2.75, 3.05) is 14.1 Å². The summed E-state index contributed by atoms with van der Waals surface area (Å²) >= 11 is 0. The second-order valence-electron chi connectivity index (χ2n) is 2.88. The lowest BCUT2D eigenvalue weighted by Crippen LogP contribution is -2.38. The maximum absolute atomic E-state index is 3.22. The maximum atomic E-state index is 3.22. The minimum Gasteiger partial charge on any atom is -0.305 e. The topological polar surface area (TPSA) is 24.1 Å². The van der Waals surface area contributed by atoms with Gasteiger partial charge in [-0.25, -0.2) is 0 Å². The van der Waals surface area contributed by atoms with Gasteiger partial charge in [-0.15, -0.1) is 0 Å². The van der Waals surface area contributed by atoms with E-state index in [4.69, 9.17) is 0 Å². The summed E-state index contributed by atoms with van der Waals surface area (Å²) in [7, 11) is 5.33. The summed E-state index contributed by atoms with van der Waals surface area (Å²) in [5.41, 5.74) is 0. The molecule has 2 N–H and O–H groups in total. The Hall–Kier alpha value is 0.137. The van der Waals surface area contributed by atoms with Crippen LogP contribution in [0.1, 0.15) is 13.3 Å². The summed E-state index contributed by atoms with van der Waals surface area (Å²) in [5.74, 6) is 0.872. The molecule has 0 aliphatic carbocycles. The van der Waals surface area contributed by atoms with Gasteiger partial charge in [-0.2, -0.15) is 0 Å². The van der Waals surface area contributed by atoms with Crippen LogP contribution in [-0.2, 0) is 0 Å². The van der Waals surface area contributed by atoms with E-state index in [-0.39, 0.29) is 0 Å². The van der Waals surface area contributed by atoms with Crippen LogP contribution in [0.5, 0.6) is 0 Å². The molecule has 0 heterocycles. The van der Waals surface area contributed by atoms with Crippen LogP contribution >= 0.6 is 0 Å². The van der Waals surface area contributed by atoms with Crippen LogP contribution in [0.25, 0.3) is 0 Å². The van der Waals surface area contributed by atoms with E-state index in [9.17, 15) is 0 Å². The molecule has 0 bridgehead atoms. The van der Waals surface area contributed by atoms with E-state index in [1.807, 2.05) is 14.1 Å². The van der Waals surface area contributed by atoms with Crippen LogP contribution in [0.15, 0.2) is 0 Å². The van der Waals surface area contributed by atoms with Crippen molar-refractivity contribution in [3.63, 3.8) is 0 Å². The van der Waals surface area contributed by atoms with Crippen molar-refractivity contribution in [1.82, 2.24) is 10.6 Å². The highest BCUT2D eigenvalue weighted by molar-refractivity contribution is 6.08. The van der Waals surface area contributed by atoms with Crippen molar-refractivity contribution in [1.29, 1.82) is 0 Å². The Morgan fingerprint density at radius 2 is 1.80 bits per heavy atom. The predicted octanol–water partition coefficient (Wildman–Crippen LogP) is -0.439. The van der Waals surface area contributed by atoms with E-state index in [0.717, 1.165) is 5.92 Å². The minimum absolute atomic E-state index is 0.504. The zero-order valence-corrected chi connectivity index (χ0v) is 9.57. The molecule has 0 aromatic heterocycles. The van der Waals surface area contributed by atoms with Crippen molar-refractivity contribution < 1.29 is 0 Å². The molecule has 0 aromatic carbocycles. The second kappa shape index (κ2) is 5.89. The highest BCUT2D eigenvalue weighted by atomic mass is 28.1. The molecule has 1 unspecified atom stereocenters. The fourth-order valence-corrected chi connectivity index (χ4v) is 1.28. The Morgan fingerprint density at radius 3 is 2.10 bits per heavy atom. The van der Waals surface area contributed by atoms with Crippen molar-refractivity contribution in [2.24, 2.45) is 5.92 Å². The Labute approximate surface area is 67.2 Å². The molecule has 0 saturated heterocycles. The third-order valence-electron chi connectivity index (χ3n) is 2.03. The van der Waals surface area contributed by atoms with E-state index < -0.39 is 0 Å².